The minimum absolute atomic E-state index is 0.0729. The fourth-order valence-electron chi connectivity index (χ4n) is 2.15. The van der Waals surface area contributed by atoms with E-state index < -0.39 is 0 Å². The van der Waals surface area contributed by atoms with Crippen LogP contribution in [0.3, 0.4) is 0 Å². The van der Waals surface area contributed by atoms with Gasteiger partial charge in [0.2, 0.25) is 5.82 Å². The van der Waals surface area contributed by atoms with Crippen molar-refractivity contribution in [1.82, 2.24) is 20.5 Å². The van der Waals surface area contributed by atoms with Crippen molar-refractivity contribution in [2.24, 2.45) is 0 Å². The highest BCUT2D eigenvalue weighted by Gasteiger charge is 2.28. The molecular weight excluding hydrogens is 284 g/mol. The van der Waals surface area contributed by atoms with Gasteiger partial charge in [0.05, 0.1) is 6.04 Å². The minimum Gasteiger partial charge on any atom is -0.343 e. The SMILES string of the molecule is CSc1ccc(C(C)NC(=O)c2n[nH]c(C3CC3)n2)cc1. The quantitative estimate of drug-likeness (QED) is 0.833. The number of aromatic nitrogens is 3. The van der Waals surface area contributed by atoms with E-state index in [1.54, 1.807) is 11.8 Å². The van der Waals surface area contributed by atoms with Gasteiger partial charge in [-0.2, -0.15) is 0 Å². The molecule has 1 heterocycles. The molecular formula is C15H18N4OS. The maximum atomic E-state index is 12.1. The molecule has 0 saturated heterocycles. The summed E-state index contributed by atoms with van der Waals surface area (Å²) in [6.45, 7) is 1.96. The Bertz CT molecular complexity index is 633. The van der Waals surface area contributed by atoms with E-state index in [1.807, 2.05) is 25.3 Å². The number of thioether (sulfide) groups is 1. The van der Waals surface area contributed by atoms with Crippen molar-refractivity contribution in [3.63, 3.8) is 0 Å². The predicted octanol–water partition coefficient (Wildman–Crippen LogP) is 2.90. The van der Waals surface area contributed by atoms with Gasteiger partial charge in [-0.1, -0.05) is 12.1 Å². The molecule has 0 bridgehead atoms. The van der Waals surface area contributed by atoms with Crippen molar-refractivity contribution in [3.8, 4) is 0 Å². The largest absolute Gasteiger partial charge is 0.343 e. The van der Waals surface area contributed by atoms with Crippen molar-refractivity contribution in [1.29, 1.82) is 0 Å². The predicted molar refractivity (Wildman–Crippen MR) is 82.5 cm³/mol. The fourth-order valence-corrected chi connectivity index (χ4v) is 2.56. The van der Waals surface area contributed by atoms with Crippen molar-refractivity contribution >= 4 is 17.7 Å². The monoisotopic (exact) mass is 302 g/mol. The highest BCUT2D eigenvalue weighted by molar-refractivity contribution is 7.98. The first-order valence-electron chi connectivity index (χ1n) is 7.04. The number of hydrogen-bond acceptors (Lipinski definition) is 4. The van der Waals surface area contributed by atoms with Gasteiger partial charge >= 0.3 is 0 Å². The lowest BCUT2D eigenvalue weighted by atomic mass is 10.1. The number of H-pyrrole nitrogens is 1. The summed E-state index contributed by atoms with van der Waals surface area (Å²) in [5.41, 5.74) is 1.07. The minimum atomic E-state index is -0.236. The number of amides is 1. The number of carbonyl (C=O) groups is 1. The van der Waals surface area contributed by atoms with Gasteiger partial charge in [-0.05, 0) is 43.7 Å². The summed E-state index contributed by atoms with van der Waals surface area (Å²) in [5.74, 6) is 1.29. The number of nitrogens with zero attached hydrogens (tertiary/aromatic N) is 2. The molecule has 1 aliphatic rings. The first-order valence-corrected chi connectivity index (χ1v) is 8.27. The zero-order valence-corrected chi connectivity index (χ0v) is 12.9. The molecule has 5 nitrogen and oxygen atoms in total. The lowest BCUT2D eigenvalue weighted by molar-refractivity contribution is 0.0929. The molecule has 0 aliphatic heterocycles. The lowest BCUT2D eigenvalue weighted by Crippen LogP contribution is -2.27. The highest BCUT2D eigenvalue weighted by atomic mass is 32.2. The maximum Gasteiger partial charge on any atom is 0.291 e. The molecule has 21 heavy (non-hydrogen) atoms. The topological polar surface area (TPSA) is 70.7 Å². The van der Waals surface area contributed by atoms with Crippen molar-refractivity contribution < 1.29 is 4.79 Å². The number of hydrogen-bond donors (Lipinski definition) is 2. The Morgan fingerprint density at radius 3 is 2.71 bits per heavy atom. The van der Waals surface area contributed by atoms with Gasteiger partial charge in [-0.15, -0.1) is 16.9 Å². The smallest absolute Gasteiger partial charge is 0.291 e. The normalized spacial score (nSPS) is 15.7. The molecule has 1 aromatic heterocycles. The summed E-state index contributed by atoms with van der Waals surface area (Å²) in [4.78, 5) is 17.6. The second kappa shape index (κ2) is 5.89. The van der Waals surface area contributed by atoms with Crippen LogP contribution in [0.2, 0.25) is 0 Å². The maximum absolute atomic E-state index is 12.1. The number of aromatic amines is 1. The van der Waals surface area contributed by atoms with Crippen LogP contribution in [0.5, 0.6) is 0 Å². The second-order valence-corrected chi connectivity index (χ2v) is 6.17. The van der Waals surface area contributed by atoms with E-state index >= 15 is 0 Å². The summed E-state index contributed by atoms with van der Waals surface area (Å²) in [6.07, 6.45) is 4.31. The third kappa shape index (κ3) is 3.26. The Morgan fingerprint density at radius 2 is 2.10 bits per heavy atom. The average molecular weight is 302 g/mol. The molecule has 1 saturated carbocycles. The molecule has 6 heteroatoms. The van der Waals surface area contributed by atoms with E-state index in [2.05, 4.69) is 32.6 Å². The van der Waals surface area contributed by atoms with Gasteiger partial charge in [0.25, 0.3) is 5.91 Å². The molecule has 3 rings (SSSR count). The fraction of sp³-hybridized carbons (Fsp3) is 0.400. The van der Waals surface area contributed by atoms with Crippen molar-refractivity contribution in [2.75, 3.05) is 6.26 Å². The Labute approximate surface area is 127 Å². The summed E-state index contributed by atoms with van der Waals surface area (Å²) < 4.78 is 0. The number of benzene rings is 1. The highest BCUT2D eigenvalue weighted by Crippen LogP contribution is 2.37. The first kappa shape index (κ1) is 14.1. The van der Waals surface area contributed by atoms with Crippen LogP contribution in [-0.2, 0) is 0 Å². The average Bonchev–Trinajstić information content (AvgIpc) is 3.24. The first-order chi connectivity index (χ1) is 10.2. The van der Waals surface area contributed by atoms with Crippen LogP contribution in [0.15, 0.2) is 29.2 Å². The second-order valence-electron chi connectivity index (χ2n) is 5.29. The van der Waals surface area contributed by atoms with Crippen LogP contribution in [0.25, 0.3) is 0 Å². The van der Waals surface area contributed by atoms with Gasteiger partial charge in [0.1, 0.15) is 5.82 Å². The summed E-state index contributed by atoms with van der Waals surface area (Å²) in [6, 6.07) is 8.10. The molecule has 110 valence electrons. The Morgan fingerprint density at radius 1 is 1.38 bits per heavy atom. The molecule has 2 aromatic rings. The van der Waals surface area contributed by atoms with Crippen LogP contribution in [-0.4, -0.2) is 27.3 Å². The van der Waals surface area contributed by atoms with Crippen molar-refractivity contribution in [2.45, 2.75) is 36.6 Å². The molecule has 1 aliphatic carbocycles. The molecule has 0 radical (unpaired) electrons. The van der Waals surface area contributed by atoms with Crippen LogP contribution < -0.4 is 5.32 Å². The number of carbonyl (C=O) groups excluding carboxylic acids is 1. The summed E-state index contributed by atoms with van der Waals surface area (Å²) in [5, 5.41) is 9.78. The van der Waals surface area contributed by atoms with E-state index in [-0.39, 0.29) is 17.8 Å². The number of nitrogens with one attached hydrogen (secondary N) is 2. The zero-order valence-electron chi connectivity index (χ0n) is 12.1. The molecule has 1 atom stereocenters. The van der Waals surface area contributed by atoms with Crippen molar-refractivity contribution in [3.05, 3.63) is 41.5 Å². The molecule has 1 aromatic carbocycles. The van der Waals surface area contributed by atoms with E-state index in [0.29, 0.717) is 5.92 Å². The Hall–Kier alpha value is -1.82. The van der Waals surface area contributed by atoms with Gasteiger partial charge in [-0.25, -0.2) is 4.98 Å². The molecule has 2 N–H and O–H groups in total. The zero-order chi connectivity index (χ0) is 14.8. The molecule has 1 unspecified atom stereocenters. The van der Waals surface area contributed by atoms with E-state index in [1.165, 1.54) is 4.90 Å². The van der Waals surface area contributed by atoms with E-state index in [0.717, 1.165) is 24.2 Å². The van der Waals surface area contributed by atoms with Crippen LogP contribution >= 0.6 is 11.8 Å². The molecule has 1 amide bonds. The third-order valence-electron chi connectivity index (χ3n) is 3.63. The lowest BCUT2D eigenvalue weighted by Gasteiger charge is -2.13. The standard InChI is InChI=1S/C15H18N4OS/c1-9(10-5-7-12(21-2)8-6-10)16-15(20)14-17-13(18-19-14)11-3-4-11/h5-9,11H,3-4H2,1-2H3,(H,16,20)(H,17,18,19). The van der Waals surface area contributed by atoms with Crippen LogP contribution in [0, 0.1) is 0 Å². The third-order valence-corrected chi connectivity index (χ3v) is 4.38. The Kier molecular flexibility index (Phi) is 3.96. The van der Waals surface area contributed by atoms with E-state index in [4.69, 9.17) is 0 Å². The van der Waals surface area contributed by atoms with Crippen LogP contribution in [0.4, 0.5) is 0 Å². The summed E-state index contributed by atoms with van der Waals surface area (Å²) in [7, 11) is 0. The van der Waals surface area contributed by atoms with Gasteiger partial charge < -0.3 is 5.32 Å². The van der Waals surface area contributed by atoms with Gasteiger partial charge in [0, 0.05) is 10.8 Å². The Balaban J connectivity index is 1.64. The number of rotatable bonds is 5. The van der Waals surface area contributed by atoms with Crippen LogP contribution in [0.1, 0.15) is 53.7 Å². The van der Waals surface area contributed by atoms with E-state index in [9.17, 15) is 4.79 Å². The van der Waals surface area contributed by atoms with Gasteiger partial charge in [-0.3, -0.25) is 9.89 Å². The molecule has 1 fully saturated rings. The summed E-state index contributed by atoms with van der Waals surface area (Å²) >= 11 is 1.70. The van der Waals surface area contributed by atoms with Gasteiger partial charge in [0.15, 0.2) is 0 Å². The molecule has 0 spiro atoms.